The number of allylic oxidation sites excluding steroid dienone is 1. The topological polar surface area (TPSA) is 40.9 Å². The summed E-state index contributed by atoms with van der Waals surface area (Å²) in [5.41, 5.74) is 14.4. The Morgan fingerprint density at radius 2 is 1.93 bits per heavy atom. The zero-order valence-corrected chi connectivity index (χ0v) is 18.6. The van der Waals surface area contributed by atoms with Gasteiger partial charge in [-0.2, -0.15) is 0 Å². The minimum Gasteiger partial charge on any atom is -0.272 e. The molecule has 3 aliphatic carbocycles. The molecular formula is C24H32NOSi. The molecule has 0 saturated heterocycles. The number of fused-ring (bicyclic) bond motifs is 3. The Balaban J connectivity index is 2.06. The lowest BCUT2D eigenvalue weighted by molar-refractivity contribution is -0.123. The SMILES string of the molecule is CC1=Cc2cc(C(C)(C)C)cc(C3(C([NH])=O)C(=[Si](C)C)C4CCC3C4)c2C1. The summed E-state index contributed by atoms with van der Waals surface area (Å²) < 4.78 is 0. The zero-order chi connectivity index (χ0) is 19.7. The molecule has 1 aromatic carbocycles. The maximum absolute atomic E-state index is 13.2. The Hall–Kier alpha value is -1.48. The molecule has 4 rings (SSSR count). The van der Waals surface area contributed by atoms with Crippen molar-refractivity contribution in [3.63, 3.8) is 0 Å². The highest BCUT2D eigenvalue weighted by atomic mass is 28.2. The van der Waals surface area contributed by atoms with Crippen LogP contribution in [0.15, 0.2) is 17.7 Å². The molecule has 2 fully saturated rings. The third-order valence-corrected chi connectivity index (χ3v) is 9.09. The van der Waals surface area contributed by atoms with Crippen LogP contribution in [0.1, 0.15) is 69.2 Å². The van der Waals surface area contributed by atoms with Crippen molar-refractivity contribution in [2.24, 2.45) is 11.8 Å². The number of carbonyl (C=O) groups excluding carboxylic acids is 1. The van der Waals surface area contributed by atoms with Crippen molar-refractivity contribution in [2.45, 2.75) is 77.3 Å². The molecule has 27 heavy (non-hydrogen) atoms. The number of hydrogen-bond acceptors (Lipinski definition) is 1. The highest BCUT2D eigenvalue weighted by Gasteiger charge is 2.60. The lowest BCUT2D eigenvalue weighted by Gasteiger charge is -2.40. The Bertz CT molecular complexity index is 898. The molecular weight excluding hydrogens is 346 g/mol. The summed E-state index contributed by atoms with van der Waals surface area (Å²) in [7, 11) is -0.759. The van der Waals surface area contributed by atoms with Gasteiger partial charge in [0.1, 0.15) is 0 Å². The van der Waals surface area contributed by atoms with E-state index in [0.29, 0.717) is 11.8 Å². The third-order valence-electron chi connectivity index (χ3n) is 7.21. The van der Waals surface area contributed by atoms with Gasteiger partial charge in [0.15, 0.2) is 0 Å². The summed E-state index contributed by atoms with van der Waals surface area (Å²) in [6.07, 6.45) is 6.69. The fourth-order valence-electron chi connectivity index (χ4n) is 6.18. The van der Waals surface area contributed by atoms with Crippen LogP contribution in [-0.2, 0) is 22.0 Å². The number of nitrogens with one attached hydrogen (secondary N) is 1. The fraction of sp³-hybridized carbons (Fsp3) is 0.583. The van der Waals surface area contributed by atoms with Gasteiger partial charge in [-0.15, -0.1) is 0 Å². The van der Waals surface area contributed by atoms with Gasteiger partial charge >= 0.3 is 0 Å². The summed E-state index contributed by atoms with van der Waals surface area (Å²) in [6.45, 7) is 13.6. The fourth-order valence-corrected chi connectivity index (χ4v) is 8.50. The van der Waals surface area contributed by atoms with Crippen molar-refractivity contribution in [3.05, 3.63) is 40.0 Å². The van der Waals surface area contributed by atoms with Gasteiger partial charge in [-0.1, -0.05) is 62.8 Å². The van der Waals surface area contributed by atoms with E-state index in [2.05, 4.69) is 59.0 Å². The first kappa shape index (κ1) is 18.9. The van der Waals surface area contributed by atoms with Crippen molar-refractivity contribution in [1.29, 1.82) is 0 Å². The average Bonchev–Trinajstić information content (AvgIpc) is 3.23. The number of amides is 1. The third kappa shape index (κ3) is 2.57. The minimum absolute atomic E-state index is 0.0321. The standard InChI is InChI=1S/C24H32NOSi/c1-14-9-16-12-18(23(2,3)4)13-20(19(16)10-14)24(22(25)26)17-8-7-15(11-17)21(24)27(5)6/h9,12-13,15,17,25H,7-8,10-11H2,1-6H3. The number of carbonyl (C=O) groups is 1. The first-order chi connectivity index (χ1) is 12.6. The molecule has 1 N–H and O–H groups in total. The highest BCUT2D eigenvalue weighted by Crippen LogP contribution is 2.57. The van der Waals surface area contributed by atoms with E-state index in [4.69, 9.17) is 5.73 Å². The van der Waals surface area contributed by atoms with E-state index in [1.165, 1.54) is 39.4 Å². The zero-order valence-electron chi connectivity index (χ0n) is 17.6. The molecule has 3 heteroatoms. The van der Waals surface area contributed by atoms with E-state index in [-0.39, 0.29) is 11.3 Å². The van der Waals surface area contributed by atoms with Crippen LogP contribution < -0.4 is 5.73 Å². The van der Waals surface area contributed by atoms with Gasteiger partial charge in [0.25, 0.3) is 5.91 Å². The second-order valence-corrected chi connectivity index (χ2v) is 12.8. The number of rotatable bonds is 2. The molecule has 1 amide bonds. The summed E-state index contributed by atoms with van der Waals surface area (Å²) >= 11 is 0. The number of hydrogen-bond donors (Lipinski definition) is 0. The van der Waals surface area contributed by atoms with Gasteiger partial charge < -0.3 is 0 Å². The van der Waals surface area contributed by atoms with E-state index >= 15 is 0 Å². The Morgan fingerprint density at radius 1 is 1.22 bits per heavy atom. The largest absolute Gasteiger partial charge is 0.272 e. The normalized spacial score (nSPS) is 29.1. The molecule has 3 atom stereocenters. The van der Waals surface area contributed by atoms with Gasteiger partial charge in [-0.05, 0) is 72.1 Å². The molecule has 0 heterocycles. The molecule has 3 aliphatic rings. The van der Waals surface area contributed by atoms with Crippen LogP contribution >= 0.6 is 0 Å². The Labute approximate surface area is 165 Å². The van der Waals surface area contributed by atoms with Gasteiger partial charge in [0.05, 0.1) is 5.41 Å². The van der Waals surface area contributed by atoms with Crippen LogP contribution in [0.25, 0.3) is 6.08 Å². The summed E-state index contributed by atoms with van der Waals surface area (Å²) in [5, 5.41) is 1.46. The average molecular weight is 379 g/mol. The van der Waals surface area contributed by atoms with E-state index in [0.717, 1.165) is 19.3 Å². The first-order valence-corrected chi connectivity index (χ1v) is 12.9. The smallest absolute Gasteiger partial charge is 0.253 e. The van der Waals surface area contributed by atoms with Crippen molar-refractivity contribution in [3.8, 4) is 0 Å². The van der Waals surface area contributed by atoms with Gasteiger partial charge in [-0.25, -0.2) is 0 Å². The quantitative estimate of drug-likeness (QED) is 0.673. The van der Waals surface area contributed by atoms with Crippen LogP contribution in [0, 0.1) is 11.8 Å². The van der Waals surface area contributed by atoms with Crippen LogP contribution in [-0.4, -0.2) is 19.5 Å². The molecule has 3 unspecified atom stereocenters. The van der Waals surface area contributed by atoms with Crippen LogP contribution in [0.4, 0.5) is 0 Å². The maximum atomic E-state index is 13.2. The van der Waals surface area contributed by atoms with Gasteiger partial charge in [0, 0.05) is 8.41 Å². The van der Waals surface area contributed by atoms with E-state index < -0.39 is 13.8 Å². The van der Waals surface area contributed by atoms with Crippen molar-refractivity contribution < 1.29 is 4.79 Å². The molecule has 1 aromatic rings. The molecule has 2 saturated carbocycles. The van der Waals surface area contributed by atoms with Crippen LogP contribution in [0.2, 0.25) is 13.1 Å². The molecule has 2 nitrogen and oxygen atoms in total. The second-order valence-electron chi connectivity index (χ2n) is 10.3. The predicted octanol–water partition coefficient (Wildman–Crippen LogP) is 4.93. The van der Waals surface area contributed by atoms with E-state index in [9.17, 15) is 4.79 Å². The van der Waals surface area contributed by atoms with Crippen LogP contribution in [0.5, 0.6) is 0 Å². The molecule has 143 valence electrons. The summed E-state index contributed by atoms with van der Waals surface area (Å²) in [4.78, 5) is 13.2. The van der Waals surface area contributed by atoms with Gasteiger partial charge in [0.2, 0.25) is 0 Å². The Morgan fingerprint density at radius 3 is 2.52 bits per heavy atom. The van der Waals surface area contributed by atoms with Gasteiger partial charge in [-0.3, -0.25) is 10.5 Å². The highest BCUT2D eigenvalue weighted by molar-refractivity contribution is 6.72. The molecule has 0 aromatic heterocycles. The minimum atomic E-state index is -0.759. The second kappa shape index (κ2) is 6.01. The van der Waals surface area contributed by atoms with Crippen LogP contribution in [0.3, 0.4) is 0 Å². The molecule has 0 aliphatic heterocycles. The molecule has 1 radical (unpaired) electrons. The lowest BCUT2D eigenvalue weighted by atomic mass is 9.65. The van der Waals surface area contributed by atoms with E-state index in [1.54, 1.807) is 0 Å². The van der Waals surface area contributed by atoms with E-state index in [1.807, 2.05) is 0 Å². The first-order valence-electron chi connectivity index (χ1n) is 10.4. The van der Waals surface area contributed by atoms with Crippen molar-refractivity contribution in [1.82, 2.24) is 5.73 Å². The molecule has 0 spiro atoms. The molecule has 2 bridgehead atoms. The number of benzene rings is 1. The van der Waals surface area contributed by atoms with Crippen molar-refractivity contribution in [2.75, 3.05) is 0 Å². The summed E-state index contributed by atoms with van der Waals surface area (Å²) in [5.74, 6) is 0.564. The maximum Gasteiger partial charge on any atom is 0.253 e. The lowest BCUT2D eigenvalue weighted by Crippen LogP contribution is -2.51. The van der Waals surface area contributed by atoms with Crippen molar-refractivity contribution >= 4 is 25.6 Å². The summed E-state index contributed by atoms with van der Waals surface area (Å²) in [6, 6.07) is 4.65. The Kier molecular flexibility index (Phi) is 4.19. The monoisotopic (exact) mass is 378 g/mol. The predicted molar refractivity (Wildman–Crippen MR) is 116 cm³/mol.